The van der Waals surface area contributed by atoms with Gasteiger partial charge in [-0.25, -0.2) is 8.42 Å². The monoisotopic (exact) mass is 477 g/mol. The number of benzene rings is 3. The van der Waals surface area contributed by atoms with Crippen molar-refractivity contribution in [2.45, 2.75) is 32.2 Å². The Kier molecular flexibility index (Phi) is 7.16. The van der Waals surface area contributed by atoms with Gasteiger partial charge in [-0.15, -0.1) is 0 Å². The Morgan fingerprint density at radius 1 is 0.853 bits per heavy atom. The van der Waals surface area contributed by atoms with Crippen molar-refractivity contribution < 1.29 is 13.2 Å². The van der Waals surface area contributed by atoms with E-state index in [-0.39, 0.29) is 5.91 Å². The zero-order valence-electron chi connectivity index (χ0n) is 19.9. The molecule has 0 spiro atoms. The maximum atomic E-state index is 12.9. The molecule has 1 aliphatic rings. The van der Waals surface area contributed by atoms with E-state index in [1.165, 1.54) is 5.56 Å². The van der Waals surface area contributed by atoms with E-state index in [1.54, 1.807) is 16.4 Å². The molecule has 3 aromatic carbocycles. The van der Waals surface area contributed by atoms with E-state index in [4.69, 9.17) is 0 Å². The minimum atomic E-state index is -3.47. The molecule has 3 aromatic rings. The summed E-state index contributed by atoms with van der Waals surface area (Å²) in [7, 11) is -3.47. The van der Waals surface area contributed by atoms with Gasteiger partial charge in [0.25, 0.3) is 5.91 Å². The van der Waals surface area contributed by atoms with Gasteiger partial charge in [-0.05, 0) is 73.9 Å². The van der Waals surface area contributed by atoms with Crippen LogP contribution < -0.4 is 5.32 Å². The van der Waals surface area contributed by atoms with Crippen LogP contribution in [-0.2, 0) is 16.6 Å². The van der Waals surface area contributed by atoms with E-state index in [1.807, 2.05) is 75.4 Å². The van der Waals surface area contributed by atoms with Crippen LogP contribution in [-0.4, -0.2) is 49.7 Å². The van der Waals surface area contributed by atoms with E-state index in [0.29, 0.717) is 43.2 Å². The van der Waals surface area contributed by atoms with E-state index < -0.39 is 10.0 Å². The Bertz CT molecular complexity index is 1280. The fraction of sp³-hybridized carbons (Fsp3) is 0.296. The van der Waals surface area contributed by atoms with Crippen molar-refractivity contribution in [1.29, 1.82) is 0 Å². The number of rotatable bonds is 6. The highest BCUT2D eigenvalue weighted by Gasteiger charge is 2.28. The molecule has 34 heavy (non-hydrogen) atoms. The average molecular weight is 478 g/mol. The Balaban J connectivity index is 1.36. The SMILES string of the molecule is Cc1ccc(S(=O)(=O)N2CCN(Cc3cccc(C(=O)Nc4ccc(C)c(C)c4)c3)CC2)cc1. The molecule has 1 fully saturated rings. The van der Waals surface area contributed by atoms with E-state index in [0.717, 1.165) is 22.4 Å². The quantitative estimate of drug-likeness (QED) is 0.572. The molecule has 178 valence electrons. The van der Waals surface area contributed by atoms with Gasteiger partial charge < -0.3 is 5.32 Å². The molecular weight excluding hydrogens is 446 g/mol. The van der Waals surface area contributed by atoms with Crippen molar-refractivity contribution in [3.8, 4) is 0 Å². The van der Waals surface area contributed by atoms with Crippen LogP contribution in [0.4, 0.5) is 5.69 Å². The number of hydrogen-bond donors (Lipinski definition) is 1. The molecule has 4 rings (SSSR count). The molecule has 1 aliphatic heterocycles. The predicted molar refractivity (Wildman–Crippen MR) is 136 cm³/mol. The van der Waals surface area contributed by atoms with Gasteiger partial charge in [0.15, 0.2) is 0 Å². The molecule has 0 aromatic heterocycles. The van der Waals surface area contributed by atoms with Gasteiger partial charge in [0.1, 0.15) is 0 Å². The van der Waals surface area contributed by atoms with Crippen molar-refractivity contribution in [1.82, 2.24) is 9.21 Å². The van der Waals surface area contributed by atoms with Gasteiger partial charge in [0.05, 0.1) is 4.90 Å². The largest absolute Gasteiger partial charge is 0.322 e. The molecule has 1 saturated heterocycles. The van der Waals surface area contributed by atoms with Crippen LogP contribution in [0.1, 0.15) is 32.6 Å². The van der Waals surface area contributed by atoms with E-state index >= 15 is 0 Å². The molecular formula is C27H31N3O3S. The normalized spacial score (nSPS) is 15.3. The van der Waals surface area contributed by atoms with Gasteiger partial charge in [-0.3, -0.25) is 9.69 Å². The number of sulfonamides is 1. The lowest BCUT2D eigenvalue weighted by atomic mass is 10.1. The van der Waals surface area contributed by atoms with Gasteiger partial charge in [-0.1, -0.05) is 35.9 Å². The number of piperazine rings is 1. The molecule has 0 unspecified atom stereocenters. The van der Waals surface area contributed by atoms with Crippen LogP contribution in [0.15, 0.2) is 71.6 Å². The third-order valence-corrected chi connectivity index (χ3v) is 8.26. The lowest BCUT2D eigenvalue weighted by Crippen LogP contribution is -2.48. The zero-order chi connectivity index (χ0) is 24.3. The maximum absolute atomic E-state index is 12.9. The predicted octanol–water partition coefficient (Wildman–Crippen LogP) is 4.37. The summed E-state index contributed by atoms with van der Waals surface area (Å²) in [4.78, 5) is 15.3. The lowest BCUT2D eigenvalue weighted by Gasteiger charge is -2.34. The molecule has 0 saturated carbocycles. The average Bonchev–Trinajstić information content (AvgIpc) is 2.82. The Morgan fingerprint density at radius 3 is 2.24 bits per heavy atom. The second kappa shape index (κ2) is 10.1. The molecule has 0 aliphatic carbocycles. The van der Waals surface area contributed by atoms with Crippen LogP contribution in [0.5, 0.6) is 0 Å². The van der Waals surface area contributed by atoms with Crippen LogP contribution in [0.2, 0.25) is 0 Å². The third kappa shape index (κ3) is 5.55. The number of anilines is 1. The first kappa shape index (κ1) is 24.1. The van der Waals surface area contributed by atoms with Crippen LogP contribution in [0.3, 0.4) is 0 Å². The summed E-state index contributed by atoms with van der Waals surface area (Å²) >= 11 is 0. The summed E-state index contributed by atoms with van der Waals surface area (Å²) in [6.45, 7) is 8.86. The summed E-state index contributed by atoms with van der Waals surface area (Å²) in [5.41, 5.74) is 5.78. The fourth-order valence-corrected chi connectivity index (χ4v) is 5.50. The highest BCUT2D eigenvalue weighted by molar-refractivity contribution is 7.89. The first-order valence-electron chi connectivity index (χ1n) is 11.5. The second-order valence-electron chi connectivity index (χ2n) is 8.95. The molecule has 1 amide bonds. The van der Waals surface area contributed by atoms with Gasteiger partial charge in [0.2, 0.25) is 10.0 Å². The topological polar surface area (TPSA) is 69.7 Å². The number of nitrogens with one attached hydrogen (secondary N) is 1. The molecule has 7 heteroatoms. The number of aryl methyl sites for hydroxylation is 3. The van der Waals surface area contributed by atoms with Crippen molar-refractivity contribution in [2.75, 3.05) is 31.5 Å². The summed E-state index contributed by atoms with van der Waals surface area (Å²) in [5.74, 6) is -0.140. The molecule has 6 nitrogen and oxygen atoms in total. The van der Waals surface area contributed by atoms with E-state index in [2.05, 4.69) is 10.2 Å². The first-order valence-corrected chi connectivity index (χ1v) is 12.9. The number of carbonyl (C=O) groups excluding carboxylic acids is 1. The Labute approximate surface area is 202 Å². The number of carbonyl (C=O) groups is 1. The van der Waals surface area contributed by atoms with Gasteiger partial charge >= 0.3 is 0 Å². The van der Waals surface area contributed by atoms with Crippen LogP contribution in [0.25, 0.3) is 0 Å². The zero-order valence-corrected chi connectivity index (χ0v) is 20.7. The van der Waals surface area contributed by atoms with Gasteiger partial charge in [0, 0.05) is 44.0 Å². The van der Waals surface area contributed by atoms with Gasteiger partial charge in [-0.2, -0.15) is 4.31 Å². The number of amides is 1. The van der Waals surface area contributed by atoms with Crippen molar-refractivity contribution >= 4 is 21.6 Å². The highest BCUT2D eigenvalue weighted by atomic mass is 32.2. The summed E-state index contributed by atoms with van der Waals surface area (Å²) in [6.07, 6.45) is 0. The van der Waals surface area contributed by atoms with Crippen LogP contribution >= 0.6 is 0 Å². The molecule has 0 radical (unpaired) electrons. The molecule has 0 bridgehead atoms. The smallest absolute Gasteiger partial charge is 0.255 e. The first-order chi connectivity index (χ1) is 16.2. The molecule has 0 atom stereocenters. The number of hydrogen-bond acceptors (Lipinski definition) is 4. The summed E-state index contributed by atoms with van der Waals surface area (Å²) in [6, 6.07) is 20.5. The third-order valence-electron chi connectivity index (χ3n) is 6.35. The minimum Gasteiger partial charge on any atom is -0.322 e. The van der Waals surface area contributed by atoms with Crippen molar-refractivity contribution in [2.24, 2.45) is 0 Å². The lowest BCUT2D eigenvalue weighted by molar-refractivity contribution is 0.102. The summed E-state index contributed by atoms with van der Waals surface area (Å²) < 4.78 is 27.4. The number of nitrogens with zero attached hydrogens (tertiary/aromatic N) is 2. The van der Waals surface area contributed by atoms with E-state index in [9.17, 15) is 13.2 Å². The van der Waals surface area contributed by atoms with Crippen molar-refractivity contribution in [3.05, 3.63) is 94.5 Å². The van der Waals surface area contributed by atoms with Crippen molar-refractivity contribution in [3.63, 3.8) is 0 Å². The molecule has 1 heterocycles. The Morgan fingerprint density at radius 2 is 1.56 bits per heavy atom. The molecule has 1 N–H and O–H groups in total. The maximum Gasteiger partial charge on any atom is 0.255 e. The van der Waals surface area contributed by atoms with Crippen LogP contribution in [0, 0.1) is 20.8 Å². The summed E-state index contributed by atoms with van der Waals surface area (Å²) in [5, 5.41) is 2.97. The minimum absolute atomic E-state index is 0.140. The second-order valence-corrected chi connectivity index (χ2v) is 10.9. The fourth-order valence-electron chi connectivity index (χ4n) is 4.08. The highest BCUT2D eigenvalue weighted by Crippen LogP contribution is 2.20. The Hall–Kier alpha value is -3.00. The standard InChI is InChI=1S/C27H31N3O3S/c1-20-7-11-26(12-8-20)34(32,33)30-15-13-29(14-16-30)19-23-5-4-6-24(18-23)27(31)28-25-10-9-21(2)22(3)17-25/h4-12,17-18H,13-16,19H2,1-3H3,(H,28,31).